The Kier molecular flexibility index (Phi) is 3.70. The van der Waals surface area contributed by atoms with Crippen molar-refractivity contribution in [3.8, 4) is 11.6 Å². The number of hydrogen-bond donors (Lipinski definition) is 1. The molecule has 0 spiro atoms. The van der Waals surface area contributed by atoms with Crippen LogP contribution < -0.4 is 15.4 Å². The van der Waals surface area contributed by atoms with Crippen LogP contribution >= 0.6 is 27.3 Å². The molecule has 4 rings (SSSR count). The van der Waals surface area contributed by atoms with E-state index in [2.05, 4.69) is 20.9 Å². The van der Waals surface area contributed by atoms with Gasteiger partial charge in [0.1, 0.15) is 4.88 Å². The minimum absolute atomic E-state index is 0.235. The summed E-state index contributed by atoms with van der Waals surface area (Å²) in [4.78, 5) is 28.8. The Labute approximate surface area is 154 Å². The number of carbonyl (C=O) groups excluding carboxylic acids is 1. The molecule has 5 nitrogen and oxygen atoms in total. The standard InChI is InChI=1S/C18H11BrN2O3S/c1-9-4-2-3-5-13(9)21-17(23)15(25-18(21)24)14-11-8-10(19)6-7-12(11)20-16(14)22/h2-8,23H,1H3. The Balaban J connectivity index is 2.04. The van der Waals surface area contributed by atoms with Gasteiger partial charge in [-0.2, -0.15) is 0 Å². The second kappa shape index (κ2) is 5.79. The number of aromatic hydroxyl groups is 1. The van der Waals surface area contributed by atoms with Crippen molar-refractivity contribution in [2.45, 2.75) is 6.92 Å². The van der Waals surface area contributed by atoms with Crippen LogP contribution in [0.3, 0.4) is 0 Å². The van der Waals surface area contributed by atoms with Crippen LogP contribution in [0, 0.1) is 6.92 Å². The number of aromatic nitrogens is 1. The first kappa shape index (κ1) is 16.0. The van der Waals surface area contributed by atoms with Crippen LogP contribution in [-0.2, 0) is 4.79 Å². The predicted octanol–water partition coefficient (Wildman–Crippen LogP) is 2.03. The lowest BCUT2D eigenvalue weighted by molar-refractivity contribution is -0.112. The topological polar surface area (TPSA) is 71.7 Å². The van der Waals surface area contributed by atoms with E-state index in [-0.39, 0.29) is 21.2 Å². The highest BCUT2D eigenvalue weighted by Gasteiger charge is 2.27. The van der Waals surface area contributed by atoms with E-state index in [0.717, 1.165) is 21.4 Å². The molecule has 0 aliphatic carbocycles. The normalized spacial score (nSPS) is 13.0. The van der Waals surface area contributed by atoms with E-state index in [4.69, 9.17) is 0 Å². The van der Waals surface area contributed by atoms with Gasteiger partial charge in [-0.15, -0.1) is 0 Å². The lowest BCUT2D eigenvalue weighted by atomic mass is 10.1. The number of halogens is 1. The number of para-hydroxylation sites is 1. The molecular weight excluding hydrogens is 404 g/mol. The summed E-state index contributed by atoms with van der Waals surface area (Å²) in [6.45, 7) is 1.86. The molecule has 0 bridgehead atoms. The summed E-state index contributed by atoms with van der Waals surface area (Å²) in [5.74, 6) is -0.697. The molecule has 25 heavy (non-hydrogen) atoms. The molecule has 0 atom stereocenters. The Morgan fingerprint density at radius 2 is 1.92 bits per heavy atom. The van der Waals surface area contributed by atoms with Crippen LogP contribution in [0.2, 0.25) is 0 Å². The Bertz CT molecular complexity index is 1220. The second-order valence-electron chi connectivity index (χ2n) is 5.60. The van der Waals surface area contributed by atoms with Gasteiger partial charge in [0.15, 0.2) is 0 Å². The highest BCUT2D eigenvalue weighted by Crippen LogP contribution is 2.31. The average molecular weight is 415 g/mol. The van der Waals surface area contributed by atoms with Gasteiger partial charge in [-0.25, -0.2) is 9.56 Å². The molecule has 2 heterocycles. The minimum atomic E-state index is -0.457. The first-order valence-electron chi connectivity index (χ1n) is 7.41. The molecule has 1 N–H and O–H groups in total. The minimum Gasteiger partial charge on any atom is -0.493 e. The third-order valence-corrected chi connectivity index (χ3v) is 5.48. The fourth-order valence-electron chi connectivity index (χ4n) is 2.86. The lowest BCUT2D eigenvalue weighted by Crippen LogP contribution is -2.22. The number of aryl methyl sites for hydroxylation is 1. The highest BCUT2D eigenvalue weighted by molar-refractivity contribution is 9.10. The van der Waals surface area contributed by atoms with Crippen LogP contribution in [0.1, 0.15) is 10.4 Å². The molecule has 124 valence electrons. The Morgan fingerprint density at radius 3 is 2.68 bits per heavy atom. The fraction of sp³-hybridized carbons (Fsp3) is 0.0556. The van der Waals surface area contributed by atoms with Crippen molar-refractivity contribution in [3.05, 3.63) is 77.6 Å². The van der Waals surface area contributed by atoms with E-state index in [1.54, 1.807) is 30.3 Å². The van der Waals surface area contributed by atoms with E-state index >= 15 is 0 Å². The molecule has 0 fully saturated rings. The molecule has 1 aliphatic heterocycles. The first-order chi connectivity index (χ1) is 12.0. The number of fused-ring (bicyclic) bond motifs is 1. The van der Waals surface area contributed by atoms with Gasteiger partial charge < -0.3 is 5.11 Å². The summed E-state index contributed by atoms with van der Waals surface area (Å²) in [6, 6.07) is 12.5. The summed E-state index contributed by atoms with van der Waals surface area (Å²) < 4.78 is 2.02. The summed E-state index contributed by atoms with van der Waals surface area (Å²) in [6.07, 6.45) is 0. The Hall–Kier alpha value is -2.51. The third kappa shape index (κ3) is 2.47. The molecule has 7 heteroatoms. The third-order valence-electron chi connectivity index (χ3n) is 4.03. The van der Waals surface area contributed by atoms with Crippen molar-refractivity contribution in [1.29, 1.82) is 0 Å². The number of nitrogens with zero attached hydrogens (tertiary/aromatic N) is 2. The Morgan fingerprint density at radius 1 is 1.16 bits per heavy atom. The maximum atomic E-state index is 12.5. The number of thiazole rings is 1. The first-order valence-corrected chi connectivity index (χ1v) is 9.02. The van der Waals surface area contributed by atoms with Gasteiger partial charge in [-0.3, -0.25) is 9.59 Å². The monoisotopic (exact) mass is 414 g/mol. The van der Waals surface area contributed by atoms with Crippen molar-refractivity contribution >= 4 is 38.7 Å². The van der Waals surface area contributed by atoms with Gasteiger partial charge in [0.25, 0.3) is 5.91 Å². The van der Waals surface area contributed by atoms with E-state index in [0.29, 0.717) is 16.3 Å². The maximum absolute atomic E-state index is 12.5. The van der Waals surface area contributed by atoms with Crippen molar-refractivity contribution in [3.63, 3.8) is 0 Å². The summed E-state index contributed by atoms with van der Waals surface area (Å²) in [5.41, 5.74) is 1.69. The van der Waals surface area contributed by atoms with Crippen LogP contribution in [0.5, 0.6) is 5.88 Å². The second-order valence-corrected chi connectivity index (χ2v) is 7.47. The zero-order valence-electron chi connectivity index (χ0n) is 13.0. The van der Waals surface area contributed by atoms with Crippen molar-refractivity contribution in [2.75, 3.05) is 0 Å². The number of rotatable bonds is 2. The summed E-state index contributed by atoms with van der Waals surface area (Å²) in [7, 11) is 0. The van der Waals surface area contributed by atoms with E-state index < -0.39 is 5.91 Å². The van der Waals surface area contributed by atoms with Crippen molar-refractivity contribution in [1.82, 2.24) is 4.57 Å². The summed E-state index contributed by atoms with van der Waals surface area (Å²) in [5, 5.41) is 11.8. The predicted molar refractivity (Wildman–Crippen MR) is 98.8 cm³/mol. The molecule has 0 unspecified atom stereocenters. The van der Waals surface area contributed by atoms with Crippen LogP contribution in [0.15, 0.2) is 56.7 Å². The zero-order valence-corrected chi connectivity index (χ0v) is 15.4. The molecule has 1 aromatic heterocycles. The summed E-state index contributed by atoms with van der Waals surface area (Å²) >= 11 is 4.22. The van der Waals surface area contributed by atoms with E-state index in [1.807, 2.05) is 19.1 Å². The molecule has 0 saturated carbocycles. The van der Waals surface area contributed by atoms with Crippen LogP contribution in [-0.4, -0.2) is 15.6 Å². The van der Waals surface area contributed by atoms with Crippen molar-refractivity contribution < 1.29 is 9.90 Å². The van der Waals surface area contributed by atoms with Gasteiger partial charge in [-0.1, -0.05) is 45.5 Å². The fourth-order valence-corrected chi connectivity index (χ4v) is 4.16. The quantitative estimate of drug-likeness (QED) is 0.697. The van der Waals surface area contributed by atoms with Gasteiger partial charge in [-0.05, 0) is 36.8 Å². The molecule has 2 aromatic carbocycles. The van der Waals surface area contributed by atoms with Crippen LogP contribution in [0.25, 0.3) is 11.3 Å². The van der Waals surface area contributed by atoms with Gasteiger partial charge >= 0.3 is 4.87 Å². The number of benzene rings is 2. The lowest BCUT2D eigenvalue weighted by Gasteiger charge is -2.07. The van der Waals surface area contributed by atoms with Crippen molar-refractivity contribution in [2.24, 2.45) is 4.99 Å². The van der Waals surface area contributed by atoms with E-state index in [9.17, 15) is 14.7 Å². The molecule has 0 radical (unpaired) electrons. The molecule has 1 amide bonds. The average Bonchev–Trinajstić information content (AvgIpc) is 3.03. The van der Waals surface area contributed by atoms with Crippen LogP contribution in [0.4, 0.5) is 0 Å². The van der Waals surface area contributed by atoms with Gasteiger partial charge in [0, 0.05) is 9.69 Å². The zero-order chi connectivity index (χ0) is 17.7. The van der Waals surface area contributed by atoms with Gasteiger partial charge in [0.05, 0.1) is 16.6 Å². The van der Waals surface area contributed by atoms with E-state index in [1.165, 1.54) is 4.57 Å². The largest absolute Gasteiger partial charge is 0.493 e. The molecule has 0 saturated heterocycles. The van der Waals surface area contributed by atoms with Gasteiger partial charge in [0.2, 0.25) is 5.88 Å². The molecular formula is C18H11BrN2O3S. The smallest absolute Gasteiger partial charge is 0.315 e. The molecule has 1 aliphatic rings. The highest BCUT2D eigenvalue weighted by atomic mass is 79.9. The molecule has 3 aromatic rings. The number of amides is 1. The number of carbonyl (C=O) groups is 1. The maximum Gasteiger partial charge on any atom is 0.315 e. The number of hydrogen-bond acceptors (Lipinski definition) is 4. The SMILES string of the molecule is Cc1ccccc1-n1c(O)c(C2=c3cc(Br)ccc3=NC2=O)sc1=O.